The van der Waals surface area contributed by atoms with E-state index in [2.05, 4.69) is 10.2 Å². The van der Waals surface area contributed by atoms with Crippen molar-refractivity contribution in [2.75, 3.05) is 20.2 Å². The van der Waals surface area contributed by atoms with Gasteiger partial charge < -0.3 is 13.9 Å². The second-order valence-corrected chi connectivity index (χ2v) is 9.04. The van der Waals surface area contributed by atoms with E-state index in [1.54, 1.807) is 0 Å². The smallest absolute Gasteiger partial charge is 0.253 e. The van der Waals surface area contributed by atoms with Crippen LogP contribution in [0.2, 0.25) is 0 Å². The predicted octanol–water partition coefficient (Wildman–Crippen LogP) is 3.36. The molecule has 0 amide bonds. The third kappa shape index (κ3) is 4.70. The minimum absolute atomic E-state index is 0.0988. The van der Waals surface area contributed by atoms with Gasteiger partial charge in [0, 0.05) is 13.1 Å². The van der Waals surface area contributed by atoms with Crippen LogP contribution in [0.25, 0.3) is 0 Å². The zero-order valence-electron chi connectivity index (χ0n) is 16.9. The molecule has 0 aliphatic carbocycles. The quantitative estimate of drug-likeness (QED) is 0.548. The molecule has 1 aromatic heterocycles. The molecular weight excluding hydrogens is 425 g/mol. The minimum atomic E-state index is -3.95. The van der Waals surface area contributed by atoms with E-state index in [0.29, 0.717) is 36.9 Å². The van der Waals surface area contributed by atoms with Crippen molar-refractivity contribution in [3.05, 3.63) is 66.1 Å². The van der Waals surface area contributed by atoms with Crippen LogP contribution in [-0.2, 0) is 16.6 Å². The molecule has 1 aliphatic heterocycles. The van der Waals surface area contributed by atoms with Crippen LogP contribution in [0.3, 0.4) is 0 Å². The lowest BCUT2D eigenvalue weighted by Crippen LogP contribution is -2.39. The van der Waals surface area contributed by atoms with Crippen LogP contribution in [0.5, 0.6) is 11.5 Å². The number of aromatic nitrogens is 2. The van der Waals surface area contributed by atoms with Crippen LogP contribution in [0.1, 0.15) is 30.5 Å². The van der Waals surface area contributed by atoms with Crippen molar-refractivity contribution in [1.82, 2.24) is 14.5 Å². The number of methoxy groups -OCH3 is 1. The Balaban J connectivity index is 1.48. The van der Waals surface area contributed by atoms with Gasteiger partial charge in [0.15, 0.2) is 6.61 Å². The summed E-state index contributed by atoms with van der Waals surface area (Å²) in [6.45, 7) is 0.589. The van der Waals surface area contributed by atoms with Crippen LogP contribution in [-0.4, -0.2) is 43.1 Å². The second-order valence-electron chi connectivity index (χ2n) is 7.13. The molecule has 164 valence electrons. The second kappa shape index (κ2) is 9.03. The van der Waals surface area contributed by atoms with Gasteiger partial charge in [0.2, 0.25) is 15.9 Å². The van der Waals surface area contributed by atoms with Crippen LogP contribution in [0.15, 0.2) is 57.8 Å². The van der Waals surface area contributed by atoms with Crippen molar-refractivity contribution in [1.29, 1.82) is 0 Å². The van der Waals surface area contributed by atoms with Crippen molar-refractivity contribution >= 4 is 10.0 Å². The molecule has 0 radical (unpaired) electrons. The Bertz CT molecular complexity index is 1140. The maximum atomic E-state index is 13.7. The molecule has 0 spiro atoms. The molecule has 1 unspecified atom stereocenters. The Morgan fingerprint density at radius 2 is 2.00 bits per heavy atom. The summed E-state index contributed by atoms with van der Waals surface area (Å²) in [7, 11) is -2.60. The fraction of sp³-hybridized carbons (Fsp3) is 0.333. The Labute approximate surface area is 179 Å². The Morgan fingerprint density at radius 3 is 2.77 bits per heavy atom. The fourth-order valence-electron chi connectivity index (χ4n) is 3.51. The molecule has 10 heteroatoms. The van der Waals surface area contributed by atoms with E-state index in [4.69, 9.17) is 13.9 Å². The van der Waals surface area contributed by atoms with E-state index in [1.807, 2.05) is 30.3 Å². The molecule has 4 rings (SSSR count). The zero-order valence-corrected chi connectivity index (χ0v) is 17.7. The van der Waals surface area contributed by atoms with Gasteiger partial charge in [-0.15, -0.1) is 10.2 Å². The zero-order chi connectivity index (χ0) is 21.8. The Morgan fingerprint density at radius 1 is 1.19 bits per heavy atom. The van der Waals surface area contributed by atoms with Gasteiger partial charge in [0.1, 0.15) is 22.2 Å². The maximum absolute atomic E-state index is 13.7. The van der Waals surface area contributed by atoms with E-state index in [9.17, 15) is 12.8 Å². The summed E-state index contributed by atoms with van der Waals surface area (Å²) < 4.78 is 57.8. The number of benzene rings is 2. The van der Waals surface area contributed by atoms with Crippen molar-refractivity contribution in [3.63, 3.8) is 0 Å². The molecular formula is C21H22FN3O5S. The van der Waals surface area contributed by atoms with E-state index in [-0.39, 0.29) is 29.7 Å². The summed E-state index contributed by atoms with van der Waals surface area (Å²) in [6.07, 6.45) is 1.31. The van der Waals surface area contributed by atoms with Crippen molar-refractivity contribution in [2.24, 2.45) is 0 Å². The average Bonchev–Trinajstić information content (AvgIpc) is 3.28. The van der Waals surface area contributed by atoms with Gasteiger partial charge in [0.25, 0.3) is 5.89 Å². The number of para-hydroxylation sites is 1. The summed E-state index contributed by atoms with van der Waals surface area (Å²) >= 11 is 0. The summed E-state index contributed by atoms with van der Waals surface area (Å²) in [5.74, 6) is 0.542. The number of sulfonamides is 1. The molecule has 1 aliphatic rings. The van der Waals surface area contributed by atoms with Gasteiger partial charge in [-0.1, -0.05) is 18.2 Å². The first-order valence-corrected chi connectivity index (χ1v) is 11.2. The summed E-state index contributed by atoms with van der Waals surface area (Å²) in [6, 6.07) is 12.7. The number of piperidine rings is 1. The number of ether oxygens (including phenoxy) is 2. The first-order chi connectivity index (χ1) is 15.0. The van der Waals surface area contributed by atoms with Crippen LogP contribution in [0.4, 0.5) is 4.39 Å². The normalized spacial score (nSPS) is 17.4. The summed E-state index contributed by atoms with van der Waals surface area (Å²) in [4.78, 5) is -0.196. The number of rotatable bonds is 7. The van der Waals surface area contributed by atoms with Gasteiger partial charge in [-0.3, -0.25) is 0 Å². The summed E-state index contributed by atoms with van der Waals surface area (Å²) in [5.41, 5.74) is 0. The van der Waals surface area contributed by atoms with Gasteiger partial charge in [-0.25, -0.2) is 12.8 Å². The van der Waals surface area contributed by atoms with Crippen LogP contribution in [0, 0.1) is 5.82 Å². The largest absolute Gasteiger partial charge is 0.495 e. The average molecular weight is 447 g/mol. The van der Waals surface area contributed by atoms with Crippen molar-refractivity contribution < 1.29 is 26.7 Å². The van der Waals surface area contributed by atoms with Crippen LogP contribution >= 0.6 is 0 Å². The van der Waals surface area contributed by atoms with Gasteiger partial charge in [0.05, 0.1) is 13.0 Å². The van der Waals surface area contributed by atoms with Crippen LogP contribution < -0.4 is 9.47 Å². The fourth-order valence-corrected chi connectivity index (χ4v) is 5.20. The Hall–Kier alpha value is -2.98. The highest BCUT2D eigenvalue weighted by Crippen LogP contribution is 2.33. The molecule has 1 atom stereocenters. The molecule has 3 aromatic rings. The lowest BCUT2D eigenvalue weighted by Gasteiger charge is -2.30. The Kier molecular flexibility index (Phi) is 6.19. The number of nitrogens with zero attached hydrogens (tertiary/aromatic N) is 3. The molecule has 1 saturated heterocycles. The highest BCUT2D eigenvalue weighted by molar-refractivity contribution is 7.89. The molecule has 31 heavy (non-hydrogen) atoms. The van der Waals surface area contributed by atoms with E-state index < -0.39 is 15.8 Å². The molecule has 2 aromatic carbocycles. The molecule has 0 N–H and O–H groups in total. The van der Waals surface area contributed by atoms with Gasteiger partial charge >= 0.3 is 0 Å². The van der Waals surface area contributed by atoms with E-state index >= 15 is 0 Å². The third-order valence-electron chi connectivity index (χ3n) is 5.06. The van der Waals surface area contributed by atoms with E-state index in [1.165, 1.54) is 17.5 Å². The number of hydrogen-bond donors (Lipinski definition) is 0. The topological polar surface area (TPSA) is 94.8 Å². The van der Waals surface area contributed by atoms with E-state index in [0.717, 1.165) is 12.1 Å². The van der Waals surface area contributed by atoms with Crippen molar-refractivity contribution in [2.45, 2.75) is 30.3 Å². The minimum Gasteiger partial charge on any atom is -0.495 e. The molecule has 1 fully saturated rings. The SMILES string of the molecule is COc1ccc(F)cc1S(=O)(=O)N1CCCC(c2nnc(COc3ccccc3)o2)C1. The lowest BCUT2D eigenvalue weighted by molar-refractivity contribution is 0.243. The first-order valence-electron chi connectivity index (χ1n) is 9.81. The van der Waals surface area contributed by atoms with Gasteiger partial charge in [-0.05, 0) is 43.2 Å². The predicted molar refractivity (Wildman–Crippen MR) is 109 cm³/mol. The number of hydrogen-bond acceptors (Lipinski definition) is 7. The molecule has 8 nitrogen and oxygen atoms in total. The molecule has 2 heterocycles. The highest BCUT2D eigenvalue weighted by Gasteiger charge is 2.35. The monoisotopic (exact) mass is 447 g/mol. The molecule has 0 saturated carbocycles. The lowest BCUT2D eigenvalue weighted by atomic mass is 10.00. The first kappa shape index (κ1) is 21.3. The third-order valence-corrected chi connectivity index (χ3v) is 6.95. The summed E-state index contributed by atoms with van der Waals surface area (Å²) in [5, 5.41) is 8.10. The molecule has 0 bridgehead atoms. The maximum Gasteiger partial charge on any atom is 0.253 e. The number of halogens is 1. The highest BCUT2D eigenvalue weighted by atomic mass is 32.2. The van der Waals surface area contributed by atoms with Crippen molar-refractivity contribution in [3.8, 4) is 11.5 Å². The van der Waals surface area contributed by atoms with Gasteiger partial charge in [-0.2, -0.15) is 4.31 Å². The standard InChI is InChI=1S/C21H22FN3O5S/c1-28-18-10-9-16(22)12-19(18)31(26,27)25-11-5-6-15(13-25)21-24-23-20(30-21)14-29-17-7-3-2-4-8-17/h2-4,7-10,12,15H,5-6,11,13-14H2,1H3.